The second-order valence-corrected chi connectivity index (χ2v) is 5.36. The average Bonchev–Trinajstić information content (AvgIpc) is 2.74. The number of nitrogens with one attached hydrogen (secondary N) is 1. The van der Waals surface area contributed by atoms with Gasteiger partial charge in [0.1, 0.15) is 6.54 Å². The van der Waals surface area contributed by atoms with E-state index < -0.39 is 5.91 Å². The van der Waals surface area contributed by atoms with Crippen molar-refractivity contribution in [3.05, 3.63) is 45.7 Å². The largest absolute Gasteiger partial charge is 0.368 e. The summed E-state index contributed by atoms with van der Waals surface area (Å²) in [6.07, 6.45) is 2.95. The summed E-state index contributed by atoms with van der Waals surface area (Å²) in [7, 11) is 0. The molecule has 0 saturated heterocycles. The quantitative estimate of drug-likeness (QED) is 0.877. The number of nitrogens with two attached hydrogens (primary N) is 1. The van der Waals surface area contributed by atoms with Gasteiger partial charge in [0.25, 0.3) is 5.91 Å². The molecule has 2 amide bonds. The first-order valence-electron chi connectivity index (χ1n) is 5.52. The number of anilines is 1. The van der Waals surface area contributed by atoms with Crippen molar-refractivity contribution in [2.45, 2.75) is 6.54 Å². The van der Waals surface area contributed by atoms with Crippen LogP contribution in [0.2, 0.25) is 5.02 Å². The normalized spacial score (nSPS) is 10.3. The Kier molecular flexibility index (Phi) is 4.41. The van der Waals surface area contributed by atoms with Crippen LogP contribution in [0.3, 0.4) is 0 Å². The maximum Gasteiger partial charge on any atom is 0.255 e. The molecule has 6 nitrogen and oxygen atoms in total. The van der Waals surface area contributed by atoms with Crippen LogP contribution < -0.4 is 11.1 Å². The van der Waals surface area contributed by atoms with Gasteiger partial charge in [-0.25, -0.2) is 0 Å². The minimum Gasteiger partial charge on any atom is -0.368 e. The van der Waals surface area contributed by atoms with Crippen LogP contribution >= 0.6 is 27.5 Å². The SMILES string of the molecule is NC(=O)Cn1cc(NC(=O)c2cc(Cl)cc(Br)c2)cn1. The Labute approximate surface area is 128 Å². The molecule has 0 fully saturated rings. The van der Waals surface area contributed by atoms with Crippen LogP contribution in [0, 0.1) is 0 Å². The van der Waals surface area contributed by atoms with Gasteiger partial charge in [-0.15, -0.1) is 0 Å². The first-order valence-corrected chi connectivity index (χ1v) is 6.69. The summed E-state index contributed by atoms with van der Waals surface area (Å²) in [5.41, 5.74) is 5.93. The van der Waals surface area contributed by atoms with Crippen molar-refractivity contribution in [1.29, 1.82) is 0 Å². The van der Waals surface area contributed by atoms with Crippen LogP contribution in [0.4, 0.5) is 5.69 Å². The molecule has 20 heavy (non-hydrogen) atoms. The molecule has 0 aliphatic heterocycles. The van der Waals surface area contributed by atoms with E-state index in [0.29, 0.717) is 20.7 Å². The van der Waals surface area contributed by atoms with Crippen molar-refractivity contribution in [3.63, 3.8) is 0 Å². The van der Waals surface area contributed by atoms with Gasteiger partial charge in [-0.05, 0) is 18.2 Å². The summed E-state index contributed by atoms with van der Waals surface area (Å²) in [5, 5.41) is 7.01. The first kappa shape index (κ1) is 14.5. The second kappa shape index (κ2) is 6.06. The molecular formula is C12H10BrClN4O2. The van der Waals surface area contributed by atoms with Gasteiger partial charge in [0, 0.05) is 21.3 Å². The predicted octanol–water partition coefficient (Wildman–Crippen LogP) is 2.04. The Morgan fingerprint density at radius 2 is 2.15 bits per heavy atom. The first-order chi connectivity index (χ1) is 9.44. The van der Waals surface area contributed by atoms with E-state index in [4.69, 9.17) is 17.3 Å². The molecular weight excluding hydrogens is 348 g/mol. The number of benzene rings is 1. The molecule has 104 valence electrons. The van der Waals surface area contributed by atoms with Gasteiger partial charge in [0.2, 0.25) is 5.91 Å². The Morgan fingerprint density at radius 3 is 2.80 bits per heavy atom. The fourth-order valence-electron chi connectivity index (χ4n) is 1.56. The summed E-state index contributed by atoms with van der Waals surface area (Å²) in [5.74, 6) is -0.837. The van der Waals surface area contributed by atoms with Crippen LogP contribution in [-0.4, -0.2) is 21.6 Å². The van der Waals surface area contributed by atoms with Gasteiger partial charge < -0.3 is 11.1 Å². The molecule has 2 rings (SSSR count). The van der Waals surface area contributed by atoms with Crippen molar-refractivity contribution in [2.75, 3.05) is 5.32 Å². The van der Waals surface area contributed by atoms with Gasteiger partial charge in [-0.1, -0.05) is 27.5 Å². The summed E-state index contributed by atoms with van der Waals surface area (Å²) in [4.78, 5) is 22.8. The maximum atomic E-state index is 12.0. The Balaban J connectivity index is 2.11. The molecule has 8 heteroatoms. The van der Waals surface area contributed by atoms with Crippen LogP contribution in [0.25, 0.3) is 0 Å². The number of nitrogens with zero attached hydrogens (tertiary/aromatic N) is 2. The lowest BCUT2D eigenvalue weighted by molar-refractivity contribution is -0.118. The van der Waals surface area contributed by atoms with Gasteiger partial charge in [-0.3, -0.25) is 14.3 Å². The van der Waals surface area contributed by atoms with E-state index in [1.807, 2.05) is 0 Å². The lowest BCUT2D eigenvalue weighted by Gasteiger charge is -2.04. The van der Waals surface area contributed by atoms with Crippen LogP contribution in [0.1, 0.15) is 10.4 Å². The third-order valence-electron chi connectivity index (χ3n) is 2.33. The monoisotopic (exact) mass is 356 g/mol. The molecule has 1 aromatic heterocycles. The summed E-state index contributed by atoms with van der Waals surface area (Å²) in [6, 6.07) is 4.88. The van der Waals surface area contributed by atoms with E-state index >= 15 is 0 Å². The topological polar surface area (TPSA) is 90.0 Å². The molecule has 3 N–H and O–H groups in total. The van der Waals surface area contributed by atoms with Crippen molar-refractivity contribution >= 4 is 45.0 Å². The maximum absolute atomic E-state index is 12.0. The number of hydrogen-bond donors (Lipinski definition) is 2. The van der Waals surface area contributed by atoms with Gasteiger partial charge >= 0.3 is 0 Å². The number of carbonyl (C=O) groups is 2. The van der Waals surface area contributed by atoms with Gasteiger partial charge in [0.15, 0.2) is 0 Å². The molecule has 0 atom stereocenters. The number of amides is 2. The molecule has 0 spiro atoms. The molecule has 0 radical (unpaired) electrons. The van der Waals surface area contributed by atoms with Crippen molar-refractivity contribution < 1.29 is 9.59 Å². The van der Waals surface area contributed by atoms with E-state index in [1.165, 1.54) is 17.1 Å². The second-order valence-electron chi connectivity index (χ2n) is 4.01. The minimum absolute atomic E-state index is 0.0431. The van der Waals surface area contributed by atoms with Crippen LogP contribution in [-0.2, 0) is 11.3 Å². The summed E-state index contributed by atoms with van der Waals surface area (Å²) >= 11 is 9.15. The third-order valence-corrected chi connectivity index (χ3v) is 3.01. The van der Waals surface area contributed by atoms with E-state index in [-0.39, 0.29) is 12.5 Å². The molecule has 1 heterocycles. The Morgan fingerprint density at radius 1 is 1.40 bits per heavy atom. The molecule has 2 aromatic rings. The summed E-state index contributed by atoms with van der Waals surface area (Å²) in [6.45, 7) is -0.0431. The van der Waals surface area contributed by atoms with Gasteiger partial charge in [-0.2, -0.15) is 5.10 Å². The van der Waals surface area contributed by atoms with Gasteiger partial charge in [0.05, 0.1) is 11.9 Å². The standard InChI is InChI=1S/C12H10BrClN4O2/c13-8-1-7(2-9(14)3-8)12(20)17-10-4-16-18(5-10)6-11(15)19/h1-5H,6H2,(H2,15,19)(H,17,20). The zero-order valence-corrected chi connectivity index (χ0v) is 12.5. The number of halogens is 2. The predicted molar refractivity (Wildman–Crippen MR) is 78.5 cm³/mol. The van der Waals surface area contributed by atoms with Crippen LogP contribution in [0.15, 0.2) is 35.1 Å². The number of hydrogen-bond acceptors (Lipinski definition) is 3. The third kappa shape index (κ3) is 3.82. The molecule has 1 aromatic carbocycles. The Hall–Kier alpha value is -1.86. The smallest absolute Gasteiger partial charge is 0.255 e. The molecule has 0 aliphatic carbocycles. The lowest BCUT2D eigenvalue weighted by Crippen LogP contribution is -2.18. The highest BCUT2D eigenvalue weighted by Gasteiger charge is 2.10. The van der Waals surface area contributed by atoms with E-state index in [9.17, 15) is 9.59 Å². The van der Waals surface area contributed by atoms with Crippen LogP contribution in [0.5, 0.6) is 0 Å². The number of carbonyl (C=O) groups excluding carboxylic acids is 2. The highest BCUT2D eigenvalue weighted by atomic mass is 79.9. The average molecular weight is 358 g/mol. The number of primary amides is 1. The molecule has 0 saturated carbocycles. The molecule has 0 bridgehead atoms. The fraction of sp³-hybridized carbons (Fsp3) is 0.0833. The zero-order chi connectivity index (χ0) is 14.7. The number of aromatic nitrogens is 2. The summed E-state index contributed by atoms with van der Waals surface area (Å²) < 4.78 is 2.05. The van der Waals surface area contributed by atoms with E-state index in [1.54, 1.807) is 18.2 Å². The number of rotatable bonds is 4. The highest BCUT2D eigenvalue weighted by molar-refractivity contribution is 9.10. The van der Waals surface area contributed by atoms with E-state index in [0.717, 1.165) is 0 Å². The molecule has 0 unspecified atom stereocenters. The van der Waals surface area contributed by atoms with Crippen molar-refractivity contribution in [3.8, 4) is 0 Å². The minimum atomic E-state index is -0.509. The molecule has 0 aliphatic rings. The highest BCUT2D eigenvalue weighted by Crippen LogP contribution is 2.20. The fourth-order valence-corrected chi connectivity index (χ4v) is 2.42. The zero-order valence-electron chi connectivity index (χ0n) is 10.1. The van der Waals surface area contributed by atoms with Crippen molar-refractivity contribution in [1.82, 2.24) is 9.78 Å². The Bertz CT molecular complexity index is 651. The van der Waals surface area contributed by atoms with Crippen molar-refractivity contribution in [2.24, 2.45) is 5.73 Å². The lowest BCUT2D eigenvalue weighted by atomic mass is 10.2. The van der Waals surface area contributed by atoms with E-state index in [2.05, 4.69) is 26.3 Å².